The molecule has 0 saturated carbocycles. The Morgan fingerprint density at radius 1 is 1.31 bits per heavy atom. The largest absolute Gasteiger partial charge is 0.494 e. The maximum absolute atomic E-state index is 5.64. The molecular weight excluding hydrogens is 226 g/mol. The second-order valence-electron chi connectivity index (χ2n) is 3.27. The van der Waals surface area contributed by atoms with E-state index < -0.39 is 0 Å². The number of hydrogen-bond acceptors (Lipinski definition) is 3. The summed E-state index contributed by atoms with van der Waals surface area (Å²) in [4.78, 5) is 0. The highest BCUT2D eigenvalue weighted by Gasteiger charge is 2.05. The maximum Gasteiger partial charge on any atom is 0.152 e. The SMILES string of the molecule is CCOc1ccc(-c2cc(CCl)on2)cc1. The maximum atomic E-state index is 5.64. The van der Waals surface area contributed by atoms with Crippen LogP contribution in [0.15, 0.2) is 34.9 Å². The number of alkyl halides is 1. The molecule has 0 N–H and O–H groups in total. The molecule has 0 aliphatic carbocycles. The summed E-state index contributed by atoms with van der Waals surface area (Å²) in [6.07, 6.45) is 0. The van der Waals surface area contributed by atoms with E-state index in [0.29, 0.717) is 18.2 Å². The van der Waals surface area contributed by atoms with Crippen molar-refractivity contribution in [1.29, 1.82) is 0 Å². The Kier molecular flexibility index (Phi) is 3.47. The molecular formula is C12H12ClNO2. The highest BCUT2D eigenvalue weighted by atomic mass is 35.5. The number of benzene rings is 1. The number of halogens is 1. The van der Waals surface area contributed by atoms with Crippen LogP contribution in [0.1, 0.15) is 12.7 Å². The predicted octanol–water partition coefficient (Wildman–Crippen LogP) is 3.48. The van der Waals surface area contributed by atoms with Gasteiger partial charge in [0.2, 0.25) is 0 Å². The van der Waals surface area contributed by atoms with Gasteiger partial charge in [0.1, 0.15) is 11.4 Å². The van der Waals surface area contributed by atoms with Gasteiger partial charge in [-0.15, -0.1) is 11.6 Å². The lowest BCUT2D eigenvalue weighted by atomic mass is 10.1. The molecule has 0 amide bonds. The average molecular weight is 238 g/mol. The van der Waals surface area contributed by atoms with Crippen LogP contribution in [0.4, 0.5) is 0 Å². The molecule has 16 heavy (non-hydrogen) atoms. The summed E-state index contributed by atoms with van der Waals surface area (Å²) in [7, 11) is 0. The third-order valence-corrected chi connectivity index (χ3v) is 2.42. The Morgan fingerprint density at radius 2 is 2.06 bits per heavy atom. The van der Waals surface area contributed by atoms with Gasteiger partial charge in [0.25, 0.3) is 0 Å². The van der Waals surface area contributed by atoms with Crippen molar-refractivity contribution in [2.24, 2.45) is 0 Å². The molecule has 1 aromatic heterocycles. The molecule has 0 saturated heterocycles. The second-order valence-corrected chi connectivity index (χ2v) is 3.54. The van der Waals surface area contributed by atoms with Crippen molar-refractivity contribution in [2.45, 2.75) is 12.8 Å². The van der Waals surface area contributed by atoms with Crippen LogP contribution in [-0.2, 0) is 5.88 Å². The van der Waals surface area contributed by atoms with Gasteiger partial charge in [-0.1, -0.05) is 5.16 Å². The van der Waals surface area contributed by atoms with Crippen molar-refractivity contribution >= 4 is 11.6 Å². The van der Waals surface area contributed by atoms with E-state index in [-0.39, 0.29) is 0 Å². The molecule has 0 radical (unpaired) electrons. The van der Waals surface area contributed by atoms with Gasteiger partial charge in [0.15, 0.2) is 5.76 Å². The summed E-state index contributed by atoms with van der Waals surface area (Å²) in [5.41, 5.74) is 1.78. The molecule has 4 heteroatoms. The third-order valence-electron chi connectivity index (χ3n) is 2.15. The van der Waals surface area contributed by atoms with Crippen LogP contribution in [0, 0.1) is 0 Å². The smallest absolute Gasteiger partial charge is 0.152 e. The molecule has 84 valence electrons. The predicted molar refractivity (Wildman–Crippen MR) is 62.7 cm³/mol. The number of nitrogens with zero attached hydrogens (tertiary/aromatic N) is 1. The summed E-state index contributed by atoms with van der Waals surface area (Å²) in [5.74, 6) is 1.86. The summed E-state index contributed by atoms with van der Waals surface area (Å²) in [5, 5.41) is 3.93. The zero-order chi connectivity index (χ0) is 11.4. The number of rotatable bonds is 4. The van der Waals surface area contributed by atoms with E-state index >= 15 is 0 Å². The topological polar surface area (TPSA) is 35.3 Å². The van der Waals surface area contributed by atoms with Gasteiger partial charge in [0.05, 0.1) is 12.5 Å². The quantitative estimate of drug-likeness (QED) is 0.764. The Hall–Kier alpha value is -1.48. The Balaban J connectivity index is 2.20. The lowest BCUT2D eigenvalue weighted by Gasteiger charge is -2.02. The van der Waals surface area contributed by atoms with Crippen LogP contribution >= 0.6 is 11.6 Å². The van der Waals surface area contributed by atoms with Gasteiger partial charge in [-0.25, -0.2) is 0 Å². The van der Waals surface area contributed by atoms with Crippen molar-refractivity contribution in [2.75, 3.05) is 6.61 Å². The van der Waals surface area contributed by atoms with Crippen LogP contribution in [0.2, 0.25) is 0 Å². The van der Waals surface area contributed by atoms with E-state index in [1.54, 1.807) is 0 Å². The molecule has 2 aromatic rings. The zero-order valence-electron chi connectivity index (χ0n) is 8.94. The first-order chi connectivity index (χ1) is 7.83. The van der Waals surface area contributed by atoms with Gasteiger partial charge < -0.3 is 9.26 Å². The number of hydrogen-bond donors (Lipinski definition) is 0. The summed E-state index contributed by atoms with van der Waals surface area (Å²) < 4.78 is 10.4. The standard InChI is InChI=1S/C12H12ClNO2/c1-2-15-10-5-3-9(4-6-10)12-7-11(8-13)16-14-12/h3-7H,2,8H2,1H3. The molecule has 0 unspecified atom stereocenters. The molecule has 3 nitrogen and oxygen atoms in total. The first-order valence-electron chi connectivity index (χ1n) is 5.08. The molecule has 1 heterocycles. The molecule has 0 bridgehead atoms. The molecule has 0 aliphatic heterocycles. The molecule has 0 fully saturated rings. The first kappa shape index (κ1) is 11.0. The fraction of sp³-hybridized carbons (Fsp3) is 0.250. The van der Waals surface area contributed by atoms with Gasteiger partial charge in [-0.3, -0.25) is 0 Å². The van der Waals surface area contributed by atoms with Gasteiger partial charge in [-0.05, 0) is 31.2 Å². The van der Waals surface area contributed by atoms with Crippen molar-refractivity contribution in [3.8, 4) is 17.0 Å². The Labute approximate surface area is 99.0 Å². The van der Waals surface area contributed by atoms with Crippen LogP contribution in [-0.4, -0.2) is 11.8 Å². The molecule has 0 atom stereocenters. The van der Waals surface area contributed by atoms with E-state index in [1.807, 2.05) is 37.3 Å². The van der Waals surface area contributed by atoms with Gasteiger partial charge in [0, 0.05) is 11.6 Å². The van der Waals surface area contributed by atoms with Crippen LogP contribution in [0.3, 0.4) is 0 Å². The minimum Gasteiger partial charge on any atom is -0.494 e. The van der Waals surface area contributed by atoms with Crippen LogP contribution < -0.4 is 4.74 Å². The van der Waals surface area contributed by atoms with E-state index in [0.717, 1.165) is 17.0 Å². The molecule has 2 rings (SSSR count). The number of aromatic nitrogens is 1. The highest BCUT2D eigenvalue weighted by Crippen LogP contribution is 2.22. The van der Waals surface area contributed by atoms with E-state index in [9.17, 15) is 0 Å². The summed E-state index contributed by atoms with van der Waals surface area (Å²) in [6.45, 7) is 2.62. The molecule has 0 spiro atoms. The van der Waals surface area contributed by atoms with E-state index in [2.05, 4.69) is 5.16 Å². The van der Waals surface area contributed by atoms with Crippen molar-refractivity contribution in [3.05, 3.63) is 36.1 Å². The first-order valence-corrected chi connectivity index (χ1v) is 5.61. The lowest BCUT2D eigenvalue weighted by molar-refractivity contribution is 0.340. The lowest BCUT2D eigenvalue weighted by Crippen LogP contribution is -1.90. The summed E-state index contributed by atoms with van der Waals surface area (Å²) in [6, 6.07) is 9.55. The zero-order valence-corrected chi connectivity index (χ0v) is 9.70. The monoisotopic (exact) mass is 237 g/mol. The minimum atomic E-state index is 0.337. The van der Waals surface area contributed by atoms with Gasteiger partial charge >= 0.3 is 0 Å². The third kappa shape index (κ3) is 2.36. The van der Waals surface area contributed by atoms with Crippen LogP contribution in [0.25, 0.3) is 11.3 Å². The highest BCUT2D eigenvalue weighted by molar-refractivity contribution is 6.16. The van der Waals surface area contributed by atoms with Crippen molar-refractivity contribution < 1.29 is 9.26 Å². The van der Waals surface area contributed by atoms with Crippen molar-refractivity contribution in [1.82, 2.24) is 5.16 Å². The second kappa shape index (κ2) is 5.03. The van der Waals surface area contributed by atoms with Gasteiger partial charge in [-0.2, -0.15) is 0 Å². The van der Waals surface area contributed by atoms with Crippen molar-refractivity contribution in [3.63, 3.8) is 0 Å². The molecule has 1 aromatic carbocycles. The molecule has 0 aliphatic rings. The summed E-state index contributed by atoms with van der Waals surface area (Å²) >= 11 is 5.64. The Morgan fingerprint density at radius 3 is 2.62 bits per heavy atom. The normalized spacial score (nSPS) is 10.4. The van der Waals surface area contributed by atoms with E-state index in [1.165, 1.54) is 0 Å². The van der Waals surface area contributed by atoms with Crippen LogP contribution in [0.5, 0.6) is 5.75 Å². The number of ether oxygens (including phenoxy) is 1. The fourth-order valence-electron chi connectivity index (χ4n) is 1.40. The van der Waals surface area contributed by atoms with E-state index in [4.69, 9.17) is 20.9 Å². The minimum absolute atomic E-state index is 0.337. The average Bonchev–Trinajstić information content (AvgIpc) is 2.79. The Bertz CT molecular complexity index is 450. The fourth-order valence-corrected chi connectivity index (χ4v) is 1.53.